The summed E-state index contributed by atoms with van der Waals surface area (Å²) in [4.78, 5) is 13.0. The maximum atomic E-state index is 13.0. The monoisotopic (exact) mass is 328 g/mol. The van der Waals surface area contributed by atoms with Crippen LogP contribution in [0.3, 0.4) is 0 Å². The molecule has 1 N–H and O–H groups in total. The predicted molar refractivity (Wildman–Crippen MR) is 88.3 cm³/mol. The van der Waals surface area contributed by atoms with Gasteiger partial charge in [0.25, 0.3) is 0 Å². The van der Waals surface area contributed by atoms with Gasteiger partial charge >= 0.3 is 0 Å². The first kappa shape index (κ1) is 16.0. The molecule has 1 aromatic carbocycles. The Morgan fingerprint density at radius 1 is 1.08 bits per heavy atom. The molecule has 24 heavy (non-hydrogen) atoms. The SMILES string of the molecule is CCCCNc1nc(OC)c2nc(-c3ccc(F)cc3)nnc2n1. The van der Waals surface area contributed by atoms with Crippen molar-refractivity contribution < 1.29 is 9.13 Å². The summed E-state index contributed by atoms with van der Waals surface area (Å²) in [5.41, 5.74) is 1.40. The van der Waals surface area contributed by atoms with E-state index < -0.39 is 0 Å². The van der Waals surface area contributed by atoms with Gasteiger partial charge in [0.2, 0.25) is 17.5 Å². The van der Waals surface area contributed by atoms with Crippen LogP contribution in [0.5, 0.6) is 5.88 Å². The molecule has 3 rings (SSSR count). The van der Waals surface area contributed by atoms with Gasteiger partial charge in [-0.1, -0.05) is 13.3 Å². The normalized spacial score (nSPS) is 10.8. The second kappa shape index (κ2) is 7.12. The van der Waals surface area contributed by atoms with Crippen molar-refractivity contribution in [1.82, 2.24) is 25.1 Å². The van der Waals surface area contributed by atoms with E-state index in [0.717, 1.165) is 19.4 Å². The second-order valence-electron chi connectivity index (χ2n) is 5.15. The predicted octanol–water partition coefficient (Wildman–Crippen LogP) is 2.84. The highest BCUT2D eigenvalue weighted by molar-refractivity contribution is 5.78. The fraction of sp³-hybridized carbons (Fsp3) is 0.312. The van der Waals surface area contributed by atoms with Gasteiger partial charge in [0.05, 0.1) is 7.11 Å². The van der Waals surface area contributed by atoms with Crippen LogP contribution in [-0.4, -0.2) is 38.8 Å². The second-order valence-corrected chi connectivity index (χ2v) is 5.15. The minimum absolute atomic E-state index is 0.317. The first-order valence-electron chi connectivity index (χ1n) is 7.67. The van der Waals surface area contributed by atoms with Crippen molar-refractivity contribution >= 4 is 17.1 Å². The van der Waals surface area contributed by atoms with E-state index in [-0.39, 0.29) is 5.82 Å². The maximum Gasteiger partial charge on any atom is 0.247 e. The summed E-state index contributed by atoms with van der Waals surface area (Å²) in [7, 11) is 1.51. The molecule has 0 amide bonds. The van der Waals surface area contributed by atoms with E-state index in [2.05, 4.69) is 37.4 Å². The molecule has 8 heteroatoms. The number of unbranched alkanes of at least 4 members (excludes halogenated alkanes) is 1. The Labute approximate surface area is 138 Å². The smallest absolute Gasteiger partial charge is 0.247 e. The van der Waals surface area contributed by atoms with Crippen LogP contribution in [-0.2, 0) is 0 Å². The maximum absolute atomic E-state index is 13.0. The average molecular weight is 328 g/mol. The van der Waals surface area contributed by atoms with Gasteiger partial charge in [-0.15, -0.1) is 10.2 Å². The van der Waals surface area contributed by atoms with Crippen molar-refractivity contribution in [2.75, 3.05) is 19.0 Å². The molecule has 7 nitrogen and oxygen atoms in total. The van der Waals surface area contributed by atoms with Crippen LogP contribution in [0.4, 0.5) is 10.3 Å². The van der Waals surface area contributed by atoms with Crippen LogP contribution in [0, 0.1) is 5.82 Å². The molecule has 0 atom stereocenters. The molecule has 0 aliphatic heterocycles. The number of methoxy groups -OCH3 is 1. The van der Waals surface area contributed by atoms with E-state index >= 15 is 0 Å². The minimum Gasteiger partial charge on any atom is -0.479 e. The lowest BCUT2D eigenvalue weighted by molar-refractivity contribution is 0.402. The zero-order chi connectivity index (χ0) is 16.9. The molecule has 0 fully saturated rings. The van der Waals surface area contributed by atoms with Crippen LogP contribution in [0.25, 0.3) is 22.6 Å². The quantitative estimate of drug-likeness (QED) is 0.696. The number of halogens is 1. The number of hydrogen-bond donors (Lipinski definition) is 1. The molecule has 2 heterocycles. The third-order valence-electron chi connectivity index (χ3n) is 3.40. The van der Waals surface area contributed by atoms with Gasteiger partial charge in [-0.3, -0.25) is 0 Å². The molecule has 0 spiro atoms. The number of aromatic nitrogens is 5. The molecule has 0 aliphatic rings. The van der Waals surface area contributed by atoms with Gasteiger partial charge in [0, 0.05) is 12.1 Å². The Hall–Kier alpha value is -2.90. The van der Waals surface area contributed by atoms with Crippen molar-refractivity contribution in [3.05, 3.63) is 30.1 Å². The molecular formula is C16H17FN6O. The Morgan fingerprint density at radius 3 is 2.58 bits per heavy atom. The Kier molecular flexibility index (Phi) is 4.74. The van der Waals surface area contributed by atoms with E-state index in [0.29, 0.717) is 34.4 Å². The van der Waals surface area contributed by atoms with Gasteiger partial charge in [-0.25, -0.2) is 9.37 Å². The summed E-state index contributed by atoms with van der Waals surface area (Å²) < 4.78 is 18.3. The van der Waals surface area contributed by atoms with Gasteiger partial charge in [-0.2, -0.15) is 9.97 Å². The molecule has 0 aliphatic carbocycles. The van der Waals surface area contributed by atoms with E-state index in [4.69, 9.17) is 4.74 Å². The summed E-state index contributed by atoms with van der Waals surface area (Å²) in [6.45, 7) is 2.87. The standard InChI is InChI=1S/C16H17FN6O/c1-3-4-9-18-16-20-14-12(15(21-16)24-2)19-13(22-23-14)10-5-7-11(17)8-6-10/h5-8H,3-4,9H2,1-2H3,(H,18,20,21,23). The molecule has 0 saturated heterocycles. The summed E-state index contributed by atoms with van der Waals surface area (Å²) >= 11 is 0. The molecule has 0 bridgehead atoms. The Balaban J connectivity index is 1.99. The number of hydrogen-bond acceptors (Lipinski definition) is 7. The summed E-state index contributed by atoms with van der Waals surface area (Å²) in [5, 5.41) is 11.3. The third kappa shape index (κ3) is 3.37. The molecule has 0 radical (unpaired) electrons. The third-order valence-corrected chi connectivity index (χ3v) is 3.40. The topological polar surface area (TPSA) is 85.7 Å². The van der Waals surface area contributed by atoms with E-state index in [1.54, 1.807) is 12.1 Å². The lowest BCUT2D eigenvalue weighted by Gasteiger charge is -2.08. The number of benzene rings is 1. The van der Waals surface area contributed by atoms with Crippen molar-refractivity contribution in [3.63, 3.8) is 0 Å². The van der Waals surface area contributed by atoms with Crippen LogP contribution in [0.1, 0.15) is 19.8 Å². The van der Waals surface area contributed by atoms with Gasteiger partial charge in [-0.05, 0) is 30.7 Å². The van der Waals surface area contributed by atoms with Crippen molar-refractivity contribution in [3.8, 4) is 17.3 Å². The van der Waals surface area contributed by atoms with E-state index in [1.807, 2.05) is 0 Å². The van der Waals surface area contributed by atoms with Crippen LogP contribution >= 0.6 is 0 Å². The molecular weight excluding hydrogens is 311 g/mol. The lowest BCUT2D eigenvalue weighted by atomic mass is 10.2. The number of nitrogens with one attached hydrogen (secondary N) is 1. The number of anilines is 1. The first-order chi connectivity index (χ1) is 11.7. The molecule has 124 valence electrons. The van der Waals surface area contributed by atoms with Crippen LogP contribution in [0.2, 0.25) is 0 Å². The fourth-order valence-corrected chi connectivity index (χ4v) is 2.13. The summed E-state index contributed by atoms with van der Waals surface area (Å²) in [6.07, 6.45) is 2.08. The minimum atomic E-state index is -0.323. The summed E-state index contributed by atoms with van der Waals surface area (Å²) in [5.74, 6) is 0.781. The van der Waals surface area contributed by atoms with Crippen molar-refractivity contribution in [2.45, 2.75) is 19.8 Å². The highest BCUT2D eigenvalue weighted by Crippen LogP contribution is 2.23. The van der Waals surface area contributed by atoms with E-state index in [9.17, 15) is 4.39 Å². The fourth-order valence-electron chi connectivity index (χ4n) is 2.13. The van der Waals surface area contributed by atoms with Gasteiger partial charge in [0.15, 0.2) is 11.3 Å². The largest absolute Gasteiger partial charge is 0.479 e. The van der Waals surface area contributed by atoms with E-state index in [1.165, 1.54) is 19.2 Å². The zero-order valence-corrected chi connectivity index (χ0v) is 13.5. The molecule has 0 saturated carbocycles. The average Bonchev–Trinajstić information content (AvgIpc) is 2.61. The number of ether oxygens (including phenoxy) is 1. The lowest BCUT2D eigenvalue weighted by Crippen LogP contribution is -2.08. The zero-order valence-electron chi connectivity index (χ0n) is 13.5. The highest BCUT2D eigenvalue weighted by Gasteiger charge is 2.13. The van der Waals surface area contributed by atoms with Crippen LogP contribution < -0.4 is 10.1 Å². The van der Waals surface area contributed by atoms with Gasteiger partial charge < -0.3 is 10.1 Å². The van der Waals surface area contributed by atoms with Crippen molar-refractivity contribution in [1.29, 1.82) is 0 Å². The van der Waals surface area contributed by atoms with Gasteiger partial charge in [0.1, 0.15) is 5.82 Å². The summed E-state index contributed by atoms with van der Waals surface area (Å²) in [6, 6.07) is 5.87. The van der Waals surface area contributed by atoms with Crippen LogP contribution in [0.15, 0.2) is 24.3 Å². The highest BCUT2D eigenvalue weighted by atomic mass is 19.1. The molecule has 2 aromatic heterocycles. The Morgan fingerprint density at radius 2 is 1.88 bits per heavy atom. The number of fused-ring (bicyclic) bond motifs is 1. The number of nitrogens with zero attached hydrogens (tertiary/aromatic N) is 5. The number of rotatable bonds is 6. The Bertz CT molecular complexity index is 840. The molecule has 3 aromatic rings. The molecule has 0 unspecified atom stereocenters. The first-order valence-corrected chi connectivity index (χ1v) is 7.67. The van der Waals surface area contributed by atoms with Crippen molar-refractivity contribution in [2.24, 2.45) is 0 Å².